The summed E-state index contributed by atoms with van der Waals surface area (Å²) in [6, 6.07) is 0. The smallest absolute Gasteiger partial charge is 0.306 e. The molecule has 0 rings (SSSR count). The Kier molecular flexibility index (Phi) is 38.3. The lowest BCUT2D eigenvalue weighted by atomic mass is 10.2. The molecule has 0 heterocycles. The highest BCUT2D eigenvalue weighted by Gasteiger charge is 2.11. The molecule has 0 fully saturated rings. The van der Waals surface area contributed by atoms with Crippen LogP contribution < -0.4 is 0 Å². The van der Waals surface area contributed by atoms with Gasteiger partial charge in [0, 0.05) is 12.8 Å². The highest BCUT2D eigenvalue weighted by Crippen LogP contribution is 2.03. The van der Waals surface area contributed by atoms with E-state index in [1.807, 2.05) is 24.3 Å². The Morgan fingerprint density at radius 3 is 1.02 bits per heavy atom. The van der Waals surface area contributed by atoms with Crippen LogP contribution >= 0.6 is 0 Å². The summed E-state index contributed by atoms with van der Waals surface area (Å²) in [5.74, 6) is -0.769. The monoisotopic (exact) mass is 715 g/mol. The average molecular weight is 715 g/mol. The summed E-state index contributed by atoms with van der Waals surface area (Å²) >= 11 is 0. The predicted molar refractivity (Wildman–Crippen MR) is 223 cm³/mol. The van der Waals surface area contributed by atoms with Crippen molar-refractivity contribution in [3.63, 3.8) is 0 Å². The first-order chi connectivity index (χ1) is 25.6. The van der Waals surface area contributed by atoms with Crippen molar-refractivity contribution >= 4 is 11.9 Å². The number of allylic oxidation sites excluding steroid dienone is 22. The van der Waals surface area contributed by atoms with E-state index in [1.165, 1.54) is 25.7 Å². The van der Waals surface area contributed by atoms with Crippen molar-refractivity contribution in [2.45, 2.75) is 136 Å². The van der Waals surface area contributed by atoms with Gasteiger partial charge in [-0.25, -0.2) is 0 Å². The van der Waals surface area contributed by atoms with Crippen LogP contribution in [0.25, 0.3) is 0 Å². The normalized spacial score (nSPS) is 13.7. The third-order valence-corrected chi connectivity index (χ3v) is 7.40. The maximum atomic E-state index is 11.9. The summed E-state index contributed by atoms with van der Waals surface area (Å²) in [7, 11) is 0. The number of ether oxygens (including phenoxy) is 2. The second kappa shape index (κ2) is 41.5. The number of hydrogen-bond donors (Lipinski definition) is 1. The highest BCUT2D eigenvalue weighted by atomic mass is 16.6. The standard InChI is InChI=1S/C47H70O5/c1-3-5-7-9-11-13-15-17-19-21-23-25-27-29-31-33-35-37-39-41-46(49)51-43-45(48)44-52-47(50)42-40-38-36-34-32-30-28-26-24-22-20-18-16-14-12-10-8-6-4-2/h5,7,11-14,17-20,23-26,29-32,35-38,45,48H,3-4,6,8-10,15-16,21-22,27-28,33-34,39-44H2,1-2H3/b7-5-,13-11-,14-12-,19-17-,20-18-,25-23-,26-24-,31-29-,32-30-,37-35-,38-36-/t45-/m0/s1. The van der Waals surface area contributed by atoms with Crippen LogP contribution in [-0.4, -0.2) is 36.4 Å². The number of hydrogen-bond acceptors (Lipinski definition) is 5. The summed E-state index contributed by atoms with van der Waals surface area (Å²) in [5.41, 5.74) is 0. The second-order valence-corrected chi connectivity index (χ2v) is 12.3. The van der Waals surface area contributed by atoms with Crippen molar-refractivity contribution in [3.05, 3.63) is 134 Å². The van der Waals surface area contributed by atoms with Gasteiger partial charge in [-0.05, 0) is 89.9 Å². The molecule has 5 heteroatoms. The molecule has 0 saturated heterocycles. The molecule has 288 valence electrons. The van der Waals surface area contributed by atoms with Crippen LogP contribution in [0.2, 0.25) is 0 Å². The van der Waals surface area contributed by atoms with E-state index in [0.717, 1.165) is 64.2 Å². The molecule has 0 bridgehead atoms. The van der Waals surface area contributed by atoms with E-state index in [1.54, 1.807) is 0 Å². The van der Waals surface area contributed by atoms with Crippen molar-refractivity contribution < 1.29 is 24.2 Å². The Morgan fingerprint density at radius 1 is 0.423 bits per heavy atom. The van der Waals surface area contributed by atoms with Gasteiger partial charge in [0.25, 0.3) is 0 Å². The quantitative estimate of drug-likeness (QED) is 0.0416. The molecule has 0 radical (unpaired) electrons. The third kappa shape index (κ3) is 40.5. The molecule has 52 heavy (non-hydrogen) atoms. The number of esters is 2. The first-order valence-corrected chi connectivity index (χ1v) is 19.7. The third-order valence-electron chi connectivity index (χ3n) is 7.40. The molecule has 1 N–H and O–H groups in total. The van der Waals surface area contributed by atoms with Crippen LogP contribution in [0, 0.1) is 0 Å². The van der Waals surface area contributed by atoms with Crippen molar-refractivity contribution in [3.8, 4) is 0 Å². The molecule has 0 aliphatic heterocycles. The Balaban J connectivity index is 3.74. The Labute approximate surface area is 317 Å². The fourth-order valence-electron chi connectivity index (χ4n) is 4.44. The van der Waals surface area contributed by atoms with Gasteiger partial charge in [0.15, 0.2) is 0 Å². The molecule has 0 amide bonds. The molecule has 0 aromatic carbocycles. The number of aliphatic hydroxyl groups excluding tert-OH is 1. The van der Waals surface area contributed by atoms with Crippen molar-refractivity contribution in [1.82, 2.24) is 0 Å². The van der Waals surface area contributed by atoms with Crippen molar-refractivity contribution in [2.24, 2.45) is 0 Å². The van der Waals surface area contributed by atoms with E-state index in [4.69, 9.17) is 9.47 Å². The van der Waals surface area contributed by atoms with Gasteiger partial charge in [-0.2, -0.15) is 0 Å². The lowest BCUT2D eigenvalue weighted by Gasteiger charge is -2.11. The van der Waals surface area contributed by atoms with Crippen molar-refractivity contribution in [2.75, 3.05) is 13.2 Å². The molecule has 0 aliphatic rings. The topological polar surface area (TPSA) is 72.8 Å². The number of rotatable bonds is 33. The van der Waals surface area contributed by atoms with Crippen LogP contribution in [0.15, 0.2) is 134 Å². The Bertz CT molecular complexity index is 1170. The van der Waals surface area contributed by atoms with Crippen LogP contribution in [0.4, 0.5) is 0 Å². The maximum Gasteiger partial charge on any atom is 0.306 e. The van der Waals surface area contributed by atoms with Gasteiger partial charge in [-0.1, -0.05) is 160 Å². The van der Waals surface area contributed by atoms with E-state index >= 15 is 0 Å². The van der Waals surface area contributed by atoms with E-state index in [2.05, 4.69) is 123 Å². The van der Waals surface area contributed by atoms with Crippen LogP contribution in [0.5, 0.6) is 0 Å². The Hall–Kier alpha value is -3.96. The van der Waals surface area contributed by atoms with Gasteiger partial charge in [-0.3, -0.25) is 9.59 Å². The van der Waals surface area contributed by atoms with Gasteiger partial charge in [-0.15, -0.1) is 0 Å². The minimum atomic E-state index is -1.04. The zero-order valence-electron chi connectivity index (χ0n) is 32.5. The maximum absolute atomic E-state index is 11.9. The summed E-state index contributed by atoms with van der Waals surface area (Å²) in [4.78, 5) is 23.9. The van der Waals surface area contributed by atoms with E-state index in [9.17, 15) is 14.7 Å². The molecule has 0 aromatic heterocycles. The van der Waals surface area contributed by atoms with Crippen LogP contribution in [0.1, 0.15) is 129 Å². The van der Waals surface area contributed by atoms with Gasteiger partial charge in [0.1, 0.15) is 19.3 Å². The SMILES string of the molecule is CC/C=C\C/C=C\C/C=C\C/C=C\C/C=C\C/C=C\CCC(=O)OC[C@H](O)COC(=O)CC/C=C\C/C=C\C/C=C\C/C=C\C/C=C\CCCCC. The molecule has 1 atom stereocenters. The Morgan fingerprint density at radius 2 is 0.712 bits per heavy atom. The number of unbranched alkanes of at least 4 members (excludes halogenated alkanes) is 3. The van der Waals surface area contributed by atoms with Crippen molar-refractivity contribution in [1.29, 1.82) is 0 Å². The number of carbonyl (C=O) groups excluding carboxylic acids is 2. The molecule has 0 aromatic rings. The van der Waals surface area contributed by atoms with Crippen LogP contribution in [0.3, 0.4) is 0 Å². The van der Waals surface area contributed by atoms with Crippen LogP contribution in [-0.2, 0) is 19.1 Å². The largest absolute Gasteiger partial charge is 0.463 e. The summed E-state index contributed by atoms with van der Waals surface area (Å²) in [6.07, 6.45) is 62.4. The number of carbonyl (C=O) groups is 2. The first-order valence-electron chi connectivity index (χ1n) is 19.7. The summed E-state index contributed by atoms with van der Waals surface area (Å²) in [6.45, 7) is 4.00. The number of aliphatic hydroxyl groups is 1. The van der Waals surface area contributed by atoms with Gasteiger partial charge in [0.05, 0.1) is 0 Å². The molecule has 0 spiro atoms. The highest BCUT2D eigenvalue weighted by molar-refractivity contribution is 5.70. The minimum Gasteiger partial charge on any atom is -0.463 e. The fraction of sp³-hybridized carbons (Fsp3) is 0.489. The lowest BCUT2D eigenvalue weighted by Crippen LogP contribution is -2.25. The zero-order valence-corrected chi connectivity index (χ0v) is 32.5. The summed E-state index contributed by atoms with van der Waals surface area (Å²) in [5, 5.41) is 10.00. The van der Waals surface area contributed by atoms with E-state index < -0.39 is 6.10 Å². The minimum absolute atomic E-state index is 0.189. The fourth-order valence-corrected chi connectivity index (χ4v) is 4.44. The summed E-state index contributed by atoms with van der Waals surface area (Å²) < 4.78 is 10.2. The average Bonchev–Trinajstić information content (AvgIpc) is 3.15. The molecule has 5 nitrogen and oxygen atoms in total. The molecular formula is C47H70O5. The van der Waals surface area contributed by atoms with Gasteiger partial charge in [0.2, 0.25) is 0 Å². The lowest BCUT2D eigenvalue weighted by molar-refractivity contribution is -0.152. The first kappa shape index (κ1) is 48.0. The molecule has 0 saturated carbocycles. The van der Waals surface area contributed by atoms with E-state index in [-0.39, 0.29) is 38.0 Å². The molecule has 0 unspecified atom stereocenters. The van der Waals surface area contributed by atoms with Gasteiger partial charge >= 0.3 is 11.9 Å². The zero-order chi connectivity index (χ0) is 37.8. The van der Waals surface area contributed by atoms with Gasteiger partial charge < -0.3 is 14.6 Å². The predicted octanol–water partition coefficient (Wildman–Crippen LogP) is 12.6. The van der Waals surface area contributed by atoms with E-state index in [0.29, 0.717) is 12.8 Å². The molecular weight excluding hydrogens is 645 g/mol. The second-order valence-electron chi connectivity index (χ2n) is 12.3. The molecule has 0 aliphatic carbocycles.